The van der Waals surface area contributed by atoms with E-state index in [1.165, 1.54) is 21.3 Å². The van der Waals surface area contributed by atoms with E-state index in [1.807, 2.05) is 13.8 Å². The molecule has 0 heterocycles. The van der Waals surface area contributed by atoms with Crippen LogP contribution in [0.3, 0.4) is 0 Å². The first kappa shape index (κ1) is 17.4. The molecule has 0 aromatic heterocycles. The molecule has 1 amide bonds. The van der Waals surface area contributed by atoms with E-state index in [1.54, 1.807) is 12.1 Å². The molecule has 0 bridgehead atoms. The highest BCUT2D eigenvalue weighted by atomic mass is 35.5. The molecule has 0 aliphatic rings. The lowest BCUT2D eigenvalue weighted by Crippen LogP contribution is -2.39. The van der Waals surface area contributed by atoms with Crippen LogP contribution in [0.25, 0.3) is 0 Å². The molecule has 0 aliphatic carbocycles. The van der Waals surface area contributed by atoms with Gasteiger partial charge in [0.05, 0.1) is 21.3 Å². The minimum atomic E-state index is -0.228. The van der Waals surface area contributed by atoms with Crippen molar-refractivity contribution in [3.8, 4) is 17.2 Å². The molecule has 0 aliphatic heterocycles. The SMILES string of the molecule is COc1cc(C(=O)NC(CCl)C(C)C)cc(OC)c1OC. The number of amides is 1. The number of carbonyl (C=O) groups is 1. The lowest BCUT2D eigenvalue weighted by atomic mass is 10.1. The number of methoxy groups -OCH3 is 3. The summed E-state index contributed by atoms with van der Waals surface area (Å²) in [4.78, 5) is 12.3. The zero-order chi connectivity index (χ0) is 16.0. The van der Waals surface area contributed by atoms with Gasteiger partial charge < -0.3 is 19.5 Å². The highest BCUT2D eigenvalue weighted by molar-refractivity contribution is 6.18. The van der Waals surface area contributed by atoms with Crippen molar-refractivity contribution in [1.29, 1.82) is 0 Å². The van der Waals surface area contributed by atoms with E-state index >= 15 is 0 Å². The summed E-state index contributed by atoms with van der Waals surface area (Å²) in [5, 5.41) is 2.90. The van der Waals surface area contributed by atoms with Gasteiger partial charge in [-0.05, 0) is 18.1 Å². The molecule has 1 aromatic carbocycles. The predicted molar refractivity (Wildman–Crippen MR) is 82.9 cm³/mol. The van der Waals surface area contributed by atoms with Crippen molar-refractivity contribution >= 4 is 17.5 Å². The molecule has 0 saturated carbocycles. The first-order chi connectivity index (χ1) is 9.98. The van der Waals surface area contributed by atoms with Gasteiger partial charge in [-0.15, -0.1) is 11.6 Å². The second-order valence-electron chi connectivity index (χ2n) is 4.89. The molecule has 1 aromatic rings. The van der Waals surface area contributed by atoms with E-state index in [0.29, 0.717) is 28.7 Å². The fourth-order valence-corrected chi connectivity index (χ4v) is 2.28. The number of benzene rings is 1. The second kappa shape index (κ2) is 7.98. The fourth-order valence-electron chi connectivity index (χ4n) is 1.85. The summed E-state index contributed by atoms with van der Waals surface area (Å²) in [6.07, 6.45) is 0. The third-order valence-corrected chi connectivity index (χ3v) is 3.55. The van der Waals surface area contributed by atoms with Crippen molar-refractivity contribution < 1.29 is 19.0 Å². The van der Waals surface area contributed by atoms with Gasteiger partial charge in [-0.25, -0.2) is 0 Å². The number of hydrogen-bond donors (Lipinski definition) is 1. The smallest absolute Gasteiger partial charge is 0.251 e. The van der Waals surface area contributed by atoms with Gasteiger partial charge in [0.25, 0.3) is 5.91 Å². The van der Waals surface area contributed by atoms with Crippen LogP contribution in [-0.2, 0) is 0 Å². The molecule has 1 rings (SSSR count). The minimum absolute atomic E-state index is 0.0988. The van der Waals surface area contributed by atoms with Crippen LogP contribution >= 0.6 is 11.6 Å². The Bertz CT molecular complexity index is 466. The number of hydrogen-bond acceptors (Lipinski definition) is 4. The molecule has 0 saturated heterocycles. The molecule has 6 heteroatoms. The van der Waals surface area contributed by atoms with Crippen LogP contribution < -0.4 is 19.5 Å². The Labute approximate surface area is 130 Å². The van der Waals surface area contributed by atoms with Crippen molar-refractivity contribution in [2.45, 2.75) is 19.9 Å². The summed E-state index contributed by atoms with van der Waals surface area (Å²) in [7, 11) is 4.53. The summed E-state index contributed by atoms with van der Waals surface area (Å²) in [5.74, 6) is 1.70. The first-order valence-electron chi connectivity index (χ1n) is 6.65. The zero-order valence-corrected chi connectivity index (χ0v) is 13.8. The predicted octanol–water partition coefficient (Wildman–Crippen LogP) is 2.71. The van der Waals surface area contributed by atoms with E-state index in [9.17, 15) is 4.79 Å². The summed E-state index contributed by atoms with van der Waals surface area (Å²) < 4.78 is 15.7. The van der Waals surface area contributed by atoms with Gasteiger partial charge >= 0.3 is 0 Å². The number of carbonyl (C=O) groups excluding carboxylic acids is 1. The van der Waals surface area contributed by atoms with E-state index in [-0.39, 0.29) is 17.9 Å². The van der Waals surface area contributed by atoms with E-state index in [2.05, 4.69) is 5.32 Å². The number of halogens is 1. The van der Waals surface area contributed by atoms with Crippen molar-refractivity contribution in [1.82, 2.24) is 5.32 Å². The number of ether oxygens (including phenoxy) is 3. The Morgan fingerprint density at radius 2 is 1.67 bits per heavy atom. The monoisotopic (exact) mass is 315 g/mol. The van der Waals surface area contributed by atoms with Gasteiger partial charge in [-0.2, -0.15) is 0 Å². The number of rotatable bonds is 7. The van der Waals surface area contributed by atoms with Gasteiger partial charge in [-0.1, -0.05) is 13.8 Å². The lowest BCUT2D eigenvalue weighted by Gasteiger charge is -2.20. The van der Waals surface area contributed by atoms with Crippen LogP contribution in [0.4, 0.5) is 0 Å². The maximum atomic E-state index is 12.3. The van der Waals surface area contributed by atoms with E-state index < -0.39 is 0 Å². The Morgan fingerprint density at radius 1 is 1.14 bits per heavy atom. The van der Waals surface area contributed by atoms with Gasteiger partial charge in [0.1, 0.15) is 0 Å². The summed E-state index contributed by atoms with van der Waals surface area (Å²) >= 11 is 5.87. The Hall–Kier alpha value is -1.62. The molecule has 1 N–H and O–H groups in total. The van der Waals surface area contributed by atoms with Crippen LogP contribution in [0.2, 0.25) is 0 Å². The molecule has 1 atom stereocenters. The Balaban J connectivity index is 3.10. The van der Waals surface area contributed by atoms with Crippen LogP contribution in [0.15, 0.2) is 12.1 Å². The maximum absolute atomic E-state index is 12.3. The van der Waals surface area contributed by atoms with Gasteiger partial charge in [0, 0.05) is 17.5 Å². The fraction of sp³-hybridized carbons (Fsp3) is 0.533. The maximum Gasteiger partial charge on any atom is 0.251 e. The van der Waals surface area contributed by atoms with Gasteiger partial charge in [0.15, 0.2) is 11.5 Å². The standard InChI is InChI=1S/C15H22ClNO4/c1-9(2)11(8-16)17-15(18)10-6-12(19-3)14(21-5)13(7-10)20-4/h6-7,9,11H,8H2,1-5H3,(H,17,18). The third-order valence-electron chi connectivity index (χ3n) is 3.21. The molecule has 21 heavy (non-hydrogen) atoms. The zero-order valence-electron chi connectivity index (χ0n) is 13.0. The molecular weight excluding hydrogens is 294 g/mol. The largest absolute Gasteiger partial charge is 0.493 e. The normalized spacial score (nSPS) is 12.0. The van der Waals surface area contributed by atoms with Crippen molar-refractivity contribution in [2.75, 3.05) is 27.2 Å². The molecule has 5 nitrogen and oxygen atoms in total. The van der Waals surface area contributed by atoms with Crippen LogP contribution in [-0.4, -0.2) is 39.2 Å². The lowest BCUT2D eigenvalue weighted by molar-refractivity contribution is 0.0930. The van der Waals surface area contributed by atoms with Crippen LogP contribution in [0.1, 0.15) is 24.2 Å². The number of alkyl halides is 1. The van der Waals surface area contributed by atoms with Crippen molar-refractivity contribution in [3.63, 3.8) is 0 Å². The summed E-state index contributed by atoms with van der Waals surface area (Å²) in [6, 6.07) is 3.13. The van der Waals surface area contributed by atoms with Crippen LogP contribution in [0.5, 0.6) is 17.2 Å². The number of nitrogens with one attached hydrogen (secondary N) is 1. The average molecular weight is 316 g/mol. The minimum Gasteiger partial charge on any atom is -0.493 e. The van der Waals surface area contributed by atoms with E-state index in [4.69, 9.17) is 25.8 Å². The molecule has 0 spiro atoms. The summed E-state index contributed by atoms with van der Waals surface area (Å²) in [6.45, 7) is 4.00. The third kappa shape index (κ3) is 4.17. The molecule has 0 fully saturated rings. The van der Waals surface area contributed by atoms with Gasteiger partial charge in [-0.3, -0.25) is 4.79 Å². The Kier molecular flexibility index (Phi) is 6.62. The quantitative estimate of drug-likeness (QED) is 0.786. The van der Waals surface area contributed by atoms with Crippen LogP contribution in [0, 0.1) is 5.92 Å². The van der Waals surface area contributed by atoms with Gasteiger partial charge in [0.2, 0.25) is 5.75 Å². The first-order valence-corrected chi connectivity index (χ1v) is 7.18. The molecule has 0 radical (unpaired) electrons. The molecule has 1 unspecified atom stereocenters. The highest BCUT2D eigenvalue weighted by Crippen LogP contribution is 2.38. The molecular formula is C15H22ClNO4. The van der Waals surface area contributed by atoms with E-state index in [0.717, 1.165) is 0 Å². The van der Waals surface area contributed by atoms with Crippen molar-refractivity contribution in [2.24, 2.45) is 5.92 Å². The Morgan fingerprint density at radius 3 is 2.00 bits per heavy atom. The van der Waals surface area contributed by atoms with Crippen molar-refractivity contribution in [3.05, 3.63) is 17.7 Å². The average Bonchev–Trinajstić information content (AvgIpc) is 2.50. The molecule has 118 valence electrons. The topological polar surface area (TPSA) is 56.8 Å². The highest BCUT2D eigenvalue weighted by Gasteiger charge is 2.20. The second-order valence-corrected chi connectivity index (χ2v) is 5.20. The summed E-state index contributed by atoms with van der Waals surface area (Å²) in [5.41, 5.74) is 0.431.